The molecule has 0 radical (unpaired) electrons. The summed E-state index contributed by atoms with van der Waals surface area (Å²) in [5, 5.41) is 0.189. The molecule has 2 rings (SSSR count). The normalized spacial score (nSPS) is 11.6. The Bertz CT molecular complexity index is 719. The minimum atomic E-state index is -4.42. The molecule has 21 heavy (non-hydrogen) atoms. The second-order valence-corrected chi connectivity index (χ2v) is 4.91. The summed E-state index contributed by atoms with van der Waals surface area (Å²) in [4.78, 5) is 29.5. The first kappa shape index (κ1) is 15.4. The zero-order valence-corrected chi connectivity index (χ0v) is 11.6. The van der Waals surface area contributed by atoms with Crippen molar-refractivity contribution in [3.63, 3.8) is 0 Å². The van der Waals surface area contributed by atoms with Crippen molar-refractivity contribution in [2.24, 2.45) is 0 Å². The Hall–Kier alpha value is -2.03. The van der Waals surface area contributed by atoms with Gasteiger partial charge in [0.15, 0.2) is 5.16 Å². The van der Waals surface area contributed by atoms with Crippen molar-refractivity contribution in [1.29, 1.82) is 0 Å². The SMILES string of the molecule is CSc1nc(=O)n(Cc2ccc(C(F)(F)F)cc2)c(=O)[nH]1. The predicted molar refractivity (Wildman–Crippen MR) is 71.4 cm³/mol. The van der Waals surface area contributed by atoms with Gasteiger partial charge in [0.25, 0.3) is 0 Å². The minimum Gasteiger partial charge on any atom is -0.286 e. The van der Waals surface area contributed by atoms with Gasteiger partial charge in [-0.1, -0.05) is 23.9 Å². The Morgan fingerprint density at radius 2 is 1.86 bits per heavy atom. The molecule has 1 aromatic carbocycles. The average molecular weight is 317 g/mol. The van der Waals surface area contributed by atoms with E-state index in [9.17, 15) is 22.8 Å². The van der Waals surface area contributed by atoms with Crippen LogP contribution in [-0.2, 0) is 12.7 Å². The first-order valence-electron chi connectivity index (χ1n) is 5.72. The van der Waals surface area contributed by atoms with Gasteiger partial charge in [-0.15, -0.1) is 0 Å². The van der Waals surface area contributed by atoms with Gasteiger partial charge in [0.1, 0.15) is 0 Å². The number of aromatic nitrogens is 3. The highest BCUT2D eigenvalue weighted by Crippen LogP contribution is 2.29. The molecular formula is C12H10F3N3O2S. The van der Waals surface area contributed by atoms with Crippen molar-refractivity contribution in [3.8, 4) is 0 Å². The second-order valence-electron chi connectivity index (χ2n) is 4.11. The number of nitrogens with zero attached hydrogens (tertiary/aromatic N) is 2. The number of hydrogen-bond acceptors (Lipinski definition) is 4. The number of nitrogens with one attached hydrogen (secondary N) is 1. The molecule has 1 aromatic heterocycles. The number of H-pyrrole nitrogens is 1. The Balaban J connectivity index is 2.31. The molecule has 0 aliphatic heterocycles. The summed E-state index contributed by atoms with van der Waals surface area (Å²) in [6.45, 7) is -0.145. The molecule has 9 heteroatoms. The first-order chi connectivity index (χ1) is 9.81. The van der Waals surface area contributed by atoms with Crippen LogP contribution in [0.1, 0.15) is 11.1 Å². The number of rotatable bonds is 3. The molecular weight excluding hydrogens is 307 g/mol. The number of hydrogen-bond donors (Lipinski definition) is 1. The molecule has 0 aliphatic carbocycles. The van der Waals surface area contributed by atoms with Crippen LogP contribution in [0.5, 0.6) is 0 Å². The maximum absolute atomic E-state index is 12.4. The number of alkyl halides is 3. The zero-order valence-electron chi connectivity index (χ0n) is 10.8. The zero-order chi connectivity index (χ0) is 15.6. The lowest BCUT2D eigenvalue weighted by Crippen LogP contribution is -2.37. The topological polar surface area (TPSA) is 67.8 Å². The van der Waals surface area contributed by atoms with E-state index in [1.807, 2.05) is 0 Å². The minimum absolute atomic E-state index is 0.145. The summed E-state index contributed by atoms with van der Waals surface area (Å²) in [5.41, 5.74) is -1.79. The predicted octanol–water partition coefficient (Wildman–Crippen LogP) is 1.72. The van der Waals surface area contributed by atoms with Crippen molar-refractivity contribution < 1.29 is 13.2 Å². The van der Waals surface area contributed by atoms with Gasteiger partial charge >= 0.3 is 17.6 Å². The van der Waals surface area contributed by atoms with Crippen LogP contribution in [0, 0.1) is 0 Å². The van der Waals surface area contributed by atoms with Gasteiger partial charge in [-0.25, -0.2) is 14.2 Å². The van der Waals surface area contributed by atoms with Gasteiger partial charge < -0.3 is 0 Å². The van der Waals surface area contributed by atoms with Gasteiger partial charge in [0.2, 0.25) is 0 Å². The first-order valence-corrected chi connectivity index (χ1v) is 6.95. The van der Waals surface area contributed by atoms with E-state index in [0.717, 1.165) is 28.5 Å². The van der Waals surface area contributed by atoms with E-state index in [2.05, 4.69) is 9.97 Å². The molecule has 1 N–H and O–H groups in total. The molecule has 0 unspecified atom stereocenters. The number of thioether (sulfide) groups is 1. The van der Waals surface area contributed by atoms with Gasteiger partial charge in [0, 0.05) is 0 Å². The Morgan fingerprint density at radius 1 is 1.24 bits per heavy atom. The van der Waals surface area contributed by atoms with E-state index in [-0.39, 0.29) is 11.7 Å². The molecule has 0 amide bonds. The van der Waals surface area contributed by atoms with Gasteiger partial charge in [-0.2, -0.15) is 18.2 Å². The third-order valence-electron chi connectivity index (χ3n) is 2.70. The average Bonchev–Trinajstić information content (AvgIpc) is 2.42. The van der Waals surface area contributed by atoms with Crippen LogP contribution >= 0.6 is 11.8 Å². The fourth-order valence-corrected chi connectivity index (χ4v) is 2.00. The third kappa shape index (κ3) is 3.54. The van der Waals surface area contributed by atoms with Crippen LogP contribution in [0.25, 0.3) is 0 Å². The molecule has 0 bridgehead atoms. The molecule has 1 heterocycles. The molecule has 0 saturated heterocycles. The van der Waals surface area contributed by atoms with Crippen LogP contribution in [0.15, 0.2) is 39.0 Å². The van der Waals surface area contributed by atoms with Crippen molar-refractivity contribution in [2.75, 3.05) is 6.26 Å². The second kappa shape index (κ2) is 5.76. The lowest BCUT2D eigenvalue weighted by atomic mass is 10.1. The fraction of sp³-hybridized carbons (Fsp3) is 0.250. The standard InChI is InChI=1S/C12H10F3N3O2S/c1-21-9-16-10(19)18(11(20)17-9)6-7-2-4-8(5-3-7)12(13,14)15/h2-5H,6H2,1H3,(H,16,17,19,20). The highest BCUT2D eigenvalue weighted by atomic mass is 32.2. The van der Waals surface area contributed by atoms with E-state index in [0.29, 0.717) is 5.56 Å². The van der Waals surface area contributed by atoms with E-state index >= 15 is 0 Å². The van der Waals surface area contributed by atoms with E-state index < -0.39 is 23.1 Å². The van der Waals surface area contributed by atoms with Gasteiger partial charge in [0.05, 0.1) is 12.1 Å². The molecule has 0 atom stereocenters. The largest absolute Gasteiger partial charge is 0.416 e. The van der Waals surface area contributed by atoms with Crippen molar-refractivity contribution in [2.45, 2.75) is 17.9 Å². The van der Waals surface area contributed by atoms with Crippen molar-refractivity contribution in [1.82, 2.24) is 14.5 Å². The van der Waals surface area contributed by atoms with E-state index in [4.69, 9.17) is 0 Å². The van der Waals surface area contributed by atoms with Crippen molar-refractivity contribution >= 4 is 11.8 Å². The van der Waals surface area contributed by atoms with Crippen LogP contribution in [0.3, 0.4) is 0 Å². The fourth-order valence-electron chi connectivity index (χ4n) is 1.64. The summed E-state index contributed by atoms with van der Waals surface area (Å²) >= 11 is 1.11. The molecule has 0 fully saturated rings. The van der Waals surface area contributed by atoms with Crippen LogP contribution in [0.2, 0.25) is 0 Å². The maximum atomic E-state index is 12.4. The van der Waals surface area contributed by atoms with E-state index in [1.54, 1.807) is 6.26 Å². The van der Waals surface area contributed by atoms with Crippen LogP contribution in [-0.4, -0.2) is 20.8 Å². The summed E-state index contributed by atoms with van der Waals surface area (Å²) < 4.78 is 38.1. The summed E-state index contributed by atoms with van der Waals surface area (Å²) in [5.74, 6) is 0. The third-order valence-corrected chi connectivity index (χ3v) is 3.28. The Kier molecular flexibility index (Phi) is 4.21. The van der Waals surface area contributed by atoms with Crippen LogP contribution < -0.4 is 11.4 Å². The smallest absolute Gasteiger partial charge is 0.286 e. The summed E-state index contributed by atoms with van der Waals surface area (Å²) in [6, 6.07) is 4.24. The lowest BCUT2D eigenvalue weighted by molar-refractivity contribution is -0.137. The molecule has 2 aromatic rings. The molecule has 0 saturated carbocycles. The number of aromatic amines is 1. The number of halogens is 3. The van der Waals surface area contributed by atoms with Gasteiger partial charge in [-0.3, -0.25) is 4.98 Å². The highest BCUT2D eigenvalue weighted by Gasteiger charge is 2.29. The highest BCUT2D eigenvalue weighted by molar-refractivity contribution is 7.98. The quantitative estimate of drug-likeness (QED) is 0.875. The number of benzene rings is 1. The Labute approximate surface area is 120 Å². The summed E-state index contributed by atoms with van der Waals surface area (Å²) in [7, 11) is 0. The molecule has 112 valence electrons. The molecule has 5 nitrogen and oxygen atoms in total. The van der Waals surface area contributed by atoms with Gasteiger partial charge in [-0.05, 0) is 24.0 Å². The maximum Gasteiger partial charge on any atom is 0.416 e. The Morgan fingerprint density at radius 3 is 2.33 bits per heavy atom. The van der Waals surface area contributed by atoms with E-state index in [1.165, 1.54) is 12.1 Å². The molecule has 0 aliphatic rings. The summed E-state index contributed by atoms with van der Waals surface area (Å²) in [6.07, 6.45) is -2.77. The lowest BCUT2D eigenvalue weighted by Gasteiger charge is -2.08. The monoisotopic (exact) mass is 317 g/mol. The van der Waals surface area contributed by atoms with Crippen molar-refractivity contribution in [3.05, 3.63) is 56.4 Å². The van der Waals surface area contributed by atoms with Crippen LogP contribution in [0.4, 0.5) is 13.2 Å². The molecule has 0 spiro atoms.